The summed E-state index contributed by atoms with van der Waals surface area (Å²) in [7, 11) is 0. The molecule has 0 saturated carbocycles. The molecule has 4 aromatic rings. The highest BCUT2D eigenvalue weighted by atomic mass is 35.5. The Morgan fingerprint density at radius 1 is 1.05 bits per heavy atom. The van der Waals surface area contributed by atoms with Crippen LogP contribution in [0.3, 0.4) is 0 Å². The zero-order valence-corrected chi connectivity index (χ0v) is 23.4. The number of benzene rings is 2. The number of aliphatic carboxylic acids is 1. The van der Waals surface area contributed by atoms with Crippen LogP contribution < -0.4 is 16.0 Å². The molecule has 0 bridgehead atoms. The number of nitrogens with two attached hydrogens (primary N) is 1. The first-order valence-electron chi connectivity index (χ1n) is 13.2. The number of nitrogens with one attached hydrogen (secondary N) is 1. The van der Waals surface area contributed by atoms with Gasteiger partial charge in [0.05, 0.1) is 34.7 Å². The van der Waals surface area contributed by atoms with Gasteiger partial charge in [-0.05, 0) is 19.1 Å². The maximum atomic E-state index is 15.2. The number of anilines is 2. The normalized spacial score (nSPS) is 15.0. The van der Waals surface area contributed by atoms with Gasteiger partial charge in [-0.1, -0.05) is 29.8 Å². The number of pyridine rings is 1. The van der Waals surface area contributed by atoms with Crippen molar-refractivity contribution in [2.75, 3.05) is 36.4 Å². The van der Waals surface area contributed by atoms with E-state index in [-0.39, 0.29) is 11.4 Å². The first kappa shape index (κ1) is 29.1. The van der Waals surface area contributed by atoms with Crippen molar-refractivity contribution in [3.05, 3.63) is 77.2 Å². The summed E-state index contributed by atoms with van der Waals surface area (Å²) < 4.78 is 29.6. The minimum Gasteiger partial charge on any atom is -0.481 e. The lowest BCUT2D eigenvalue weighted by atomic mass is 10.0. The number of rotatable bonds is 8. The van der Waals surface area contributed by atoms with Gasteiger partial charge in [0.1, 0.15) is 11.6 Å². The summed E-state index contributed by atoms with van der Waals surface area (Å²) in [6, 6.07) is 7.82. The van der Waals surface area contributed by atoms with Gasteiger partial charge >= 0.3 is 5.97 Å². The van der Waals surface area contributed by atoms with E-state index in [2.05, 4.69) is 20.3 Å². The quantitative estimate of drug-likeness (QED) is 0.273. The fraction of sp³-hybridized carbons (Fsp3) is 0.276. The molecule has 2 aromatic heterocycles. The number of fused-ring (bicyclic) bond motifs is 1. The van der Waals surface area contributed by atoms with Crippen LogP contribution >= 0.6 is 11.6 Å². The van der Waals surface area contributed by atoms with E-state index >= 15 is 4.39 Å². The summed E-state index contributed by atoms with van der Waals surface area (Å²) in [5.41, 5.74) is 7.71. The highest BCUT2D eigenvalue weighted by Gasteiger charge is 2.27. The predicted molar refractivity (Wildman–Crippen MR) is 155 cm³/mol. The number of aromatic nitrogens is 3. The molecule has 4 N–H and O–H groups in total. The maximum Gasteiger partial charge on any atom is 0.305 e. The molecule has 1 unspecified atom stereocenters. The molecule has 3 heterocycles. The first-order valence-corrected chi connectivity index (χ1v) is 13.6. The largest absolute Gasteiger partial charge is 0.481 e. The number of hydrogen-bond donors (Lipinski definition) is 3. The molecule has 2 atom stereocenters. The Morgan fingerprint density at radius 2 is 1.74 bits per heavy atom. The third kappa shape index (κ3) is 6.09. The molecule has 13 heteroatoms. The number of halogens is 3. The van der Waals surface area contributed by atoms with E-state index in [1.54, 1.807) is 31.2 Å². The monoisotopic (exact) mass is 595 g/mol. The van der Waals surface area contributed by atoms with E-state index < -0.39 is 36.2 Å². The van der Waals surface area contributed by atoms with Crippen LogP contribution in [-0.2, 0) is 9.59 Å². The number of carboxylic acid groups (broad SMARTS) is 1. The molecule has 0 radical (unpaired) electrons. The second-order valence-electron chi connectivity index (χ2n) is 10.0. The maximum absolute atomic E-state index is 15.2. The molecule has 1 aliphatic heterocycles. The van der Waals surface area contributed by atoms with Crippen molar-refractivity contribution in [1.29, 1.82) is 0 Å². The van der Waals surface area contributed by atoms with Crippen LogP contribution in [0.2, 0.25) is 5.02 Å². The topological polar surface area (TPSA) is 138 Å². The summed E-state index contributed by atoms with van der Waals surface area (Å²) in [5, 5.41) is 13.0. The van der Waals surface area contributed by atoms with Crippen LogP contribution in [0, 0.1) is 11.6 Å². The van der Waals surface area contributed by atoms with Gasteiger partial charge in [0.15, 0.2) is 0 Å². The number of hydrogen-bond acceptors (Lipinski definition) is 8. The predicted octanol–water partition coefficient (Wildman–Crippen LogP) is 4.25. The van der Waals surface area contributed by atoms with Crippen LogP contribution in [0.4, 0.5) is 20.4 Å². The van der Waals surface area contributed by atoms with Crippen molar-refractivity contribution in [2.24, 2.45) is 5.73 Å². The molecular formula is C29H28ClF2N7O3. The SMILES string of the molecule is CC(Nc1c(Cl)cnc2cc(F)c(-c3cnc(N4CCN(C(=O)[C@@H](N)CC(=O)O)CC4)nc3)cc12)c1ccccc1F. The second-order valence-corrected chi connectivity index (χ2v) is 10.4. The van der Waals surface area contributed by atoms with E-state index in [4.69, 9.17) is 22.4 Å². The summed E-state index contributed by atoms with van der Waals surface area (Å²) >= 11 is 6.49. The molecule has 1 amide bonds. The minimum absolute atomic E-state index is 0.238. The molecule has 2 aromatic carbocycles. The summed E-state index contributed by atoms with van der Waals surface area (Å²) in [5.74, 6) is -2.01. The molecule has 42 heavy (non-hydrogen) atoms. The van der Waals surface area contributed by atoms with E-state index in [1.165, 1.54) is 35.6 Å². The Labute approximate surface area is 245 Å². The minimum atomic E-state index is -1.13. The van der Waals surface area contributed by atoms with Crippen molar-refractivity contribution >= 4 is 46.0 Å². The van der Waals surface area contributed by atoms with Crippen molar-refractivity contribution < 1.29 is 23.5 Å². The van der Waals surface area contributed by atoms with Gasteiger partial charge in [0.25, 0.3) is 0 Å². The van der Waals surface area contributed by atoms with Crippen LogP contribution in [0.1, 0.15) is 24.9 Å². The van der Waals surface area contributed by atoms with Crippen molar-refractivity contribution in [1.82, 2.24) is 19.9 Å². The molecule has 10 nitrogen and oxygen atoms in total. The van der Waals surface area contributed by atoms with Crippen molar-refractivity contribution in [2.45, 2.75) is 25.4 Å². The molecule has 0 spiro atoms. The van der Waals surface area contributed by atoms with Gasteiger partial charge in [0, 0.05) is 72.9 Å². The van der Waals surface area contributed by atoms with E-state index in [9.17, 15) is 14.0 Å². The average molecular weight is 596 g/mol. The number of carbonyl (C=O) groups is 2. The molecule has 218 valence electrons. The fourth-order valence-corrected chi connectivity index (χ4v) is 5.14. The van der Waals surface area contributed by atoms with Crippen LogP contribution in [0.15, 0.2) is 55.0 Å². The smallest absolute Gasteiger partial charge is 0.305 e. The third-order valence-corrected chi connectivity index (χ3v) is 7.46. The number of nitrogens with zero attached hydrogens (tertiary/aromatic N) is 5. The highest BCUT2D eigenvalue weighted by Crippen LogP contribution is 2.36. The Kier molecular flexibility index (Phi) is 8.46. The number of carboxylic acids is 1. The Hall–Kier alpha value is -4.42. The average Bonchev–Trinajstić information content (AvgIpc) is 2.98. The number of carbonyl (C=O) groups excluding carboxylic acids is 1. The summed E-state index contributed by atoms with van der Waals surface area (Å²) in [6.07, 6.45) is 4.02. The second kappa shape index (κ2) is 12.2. The third-order valence-electron chi connectivity index (χ3n) is 7.18. The van der Waals surface area contributed by atoms with Gasteiger partial charge in [-0.25, -0.2) is 18.7 Å². The Bertz CT molecular complexity index is 1630. The first-order chi connectivity index (χ1) is 20.1. The molecular weight excluding hydrogens is 568 g/mol. The number of piperazine rings is 1. The van der Waals surface area contributed by atoms with Crippen LogP contribution in [-0.4, -0.2) is 69.1 Å². The van der Waals surface area contributed by atoms with Crippen molar-refractivity contribution in [3.8, 4) is 11.1 Å². The number of amides is 1. The molecule has 1 saturated heterocycles. The molecule has 1 fully saturated rings. The lowest BCUT2D eigenvalue weighted by Crippen LogP contribution is -2.53. The van der Waals surface area contributed by atoms with E-state index in [1.807, 2.05) is 4.90 Å². The van der Waals surface area contributed by atoms with Crippen molar-refractivity contribution in [3.63, 3.8) is 0 Å². The van der Waals surface area contributed by atoms with Gasteiger partial charge in [-0.3, -0.25) is 14.6 Å². The highest BCUT2D eigenvalue weighted by molar-refractivity contribution is 6.34. The lowest BCUT2D eigenvalue weighted by Gasteiger charge is -2.35. The lowest BCUT2D eigenvalue weighted by molar-refractivity contribution is -0.142. The van der Waals surface area contributed by atoms with Gasteiger partial charge in [0.2, 0.25) is 11.9 Å². The van der Waals surface area contributed by atoms with E-state index in [0.29, 0.717) is 64.9 Å². The summed E-state index contributed by atoms with van der Waals surface area (Å²) in [6.45, 7) is 3.33. The van der Waals surface area contributed by atoms with Gasteiger partial charge in [-0.15, -0.1) is 0 Å². The fourth-order valence-electron chi connectivity index (χ4n) is 4.94. The van der Waals surface area contributed by atoms with E-state index in [0.717, 1.165) is 0 Å². The van der Waals surface area contributed by atoms with Crippen LogP contribution in [0.25, 0.3) is 22.0 Å². The van der Waals surface area contributed by atoms with Gasteiger partial charge in [-0.2, -0.15) is 0 Å². The standard InChI is InChI=1S/C29H28ClF2N7O3/c1-16(18-4-2-3-5-22(18)31)37-27-20-10-19(23(32)11-25(20)34-15-21(27)30)17-13-35-29(36-14-17)39-8-6-38(7-9-39)28(42)24(33)12-26(40)41/h2-5,10-11,13-16,24H,6-9,12,33H2,1H3,(H,34,37)(H,40,41)/t16?,24-/m0/s1. The van der Waals surface area contributed by atoms with Gasteiger partial charge < -0.3 is 26.0 Å². The zero-order chi connectivity index (χ0) is 30.0. The molecule has 0 aliphatic carbocycles. The molecule has 5 rings (SSSR count). The zero-order valence-electron chi connectivity index (χ0n) is 22.6. The Balaban J connectivity index is 1.35. The Morgan fingerprint density at radius 3 is 2.40 bits per heavy atom. The van der Waals surface area contributed by atoms with Crippen LogP contribution in [0.5, 0.6) is 0 Å². The molecule has 1 aliphatic rings. The summed E-state index contributed by atoms with van der Waals surface area (Å²) in [4.78, 5) is 39.8.